The molecule has 0 aromatic heterocycles. The number of rotatable bonds is 4. The summed E-state index contributed by atoms with van der Waals surface area (Å²) < 4.78 is 5.95. The minimum Gasteiger partial charge on any atom is -0.496 e. The van der Waals surface area contributed by atoms with Crippen LogP contribution >= 0.6 is 15.9 Å². The van der Waals surface area contributed by atoms with E-state index in [-0.39, 0.29) is 5.91 Å². The maximum Gasteiger partial charge on any atom is 0.255 e. The second-order valence-electron chi connectivity index (χ2n) is 5.55. The van der Waals surface area contributed by atoms with Gasteiger partial charge in [0.15, 0.2) is 0 Å². The Hall–Kier alpha value is -2.01. The quantitative estimate of drug-likeness (QED) is 0.866. The fourth-order valence-electron chi connectivity index (χ4n) is 2.77. The van der Waals surface area contributed by atoms with Crippen LogP contribution in [0.5, 0.6) is 5.75 Å². The first-order valence-electron chi connectivity index (χ1n) is 7.67. The third kappa shape index (κ3) is 3.67. The van der Waals surface area contributed by atoms with Crippen LogP contribution in [0.2, 0.25) is 0 Å². The Morgan fingerprint density at radius 2 is 1.96 bits per heavy atom. The lowest BCUT2D eigenvalue weighted by atomic mass is 10.2. The molecule has 1 fully saturated rings. The van der Waals surface area contributed by atoms with Gasteiger partial charge < -0.3 is 15.0 Å². The Bertz CT molecular complexity index is 712. The van der Waals surface area contributed by atoms with E-state index in [2.05, 4.69) is 32.2 Å². The molecule has 4 nitrogen and oxygen atoms in total. The maximum absolute atomic E-state index is 12.4. The van der Waals surface area contributed by atoms with Crippen LogP contribution in [0, 0.1) is 0 Å². The summed E-state index contributed by atoms with van der Waals surface area (Å²) in [5.41, 5.74) is 2.56. The van der Waals surface area contributed by atoms with Crippen LogP contribution in [0.3, 0.4) is 0 Å². The highest BCUT2D eigenvalue weighted by Gasteiger charge is 2.14. The fourth-order valence-corrected chi connectivity index (χ4v) is 3.31. The number of hydrogen-bond donors (Lipinski definition) is 1. The number of anilines is 2. The van der Waals surface area contributed by atoms with Gasteiger partial charge in [-0.2, -0.15) is 0 Å². The zero-order chi connectivity index (χ0) is 16.2. The van der Waals surface area contributed by atoms with Gasteiger partial charge >= 0.3 is 0 Å². The standard InChI is InChI=1S/C18H19BrN2O2/c1-23-17-8-7-13(11-16(17)19)18(22)20-14-5-4-6-15(12-14)21-9-2-3-10-21/h4-8,11-12H,2-3,9-10H2,1H3,(H,20,22). The lowest BCUT2D eigenvalue weighted by Gasteiger charge is -2.18. The van der Waals surface area contributed by atoms with Gasteiger partial charge in [0, 0.05) is 30.0 Å². The first-order chi connectivity index (χ1) is 11.2. The molecule has 120 valence electrons. The van der Waals surface area contributed by atoms with Crippen molar-refractivity contribution in [3.05, 3.63) is 52.5 Å². The smallest absolute Gasteiger partial charge is 0.255 e. The number of carbonyl (C=O) groups is 1. The van der Waals surface area contributed by atoms with Crippen LogP contribution in [0.25, 0.3) is 0 Å². The molecule has 0 atom stereocenters. The number of hydrogen-bond acceptors (Lipinski definition) is 3. The summed E-state index contributed by atoms with van der Waals surface area (Å²) in [6.07, 6.45) is 2.47. The molecule has 2 aromatic carbocycles. The van der Waals surface area contributed by atoms with Crippen molar-refractivity contribution in [1.82, 2.24) is 0 Å². The number of nitrogens with zero attached hydrogens (tertiary/aromatic N) is 1. The predicted molar refractivity (Wildman–Crippen MR) is 96.5 cm³/mol. The zero-order valence-corrected chi connectivity index (χ0v) is 14.6. The number of amides is 1. The Labute approximate surface area is 144 Å². The van der Waals surface area contributed by atoms with Gasteiger partial charge in [0.25, 0.3) is 5.91 Å². The van der Waals surface area contributed by atoms with Crippen molar-refractivity contribution in [2.45, 2.75) is 12.8 Å². The minimum absolute atomic E-state index is 0.132. The molecule has 0 bridgehead atoms. The van der Waals surface area contributed by atoms with E-state index in [0.717, 1.165) is 28.9 Å². The van der Waals surface area contributed by atoms with Crippen molar-refractivity contribution < 1.29 is 9.53 Å². The van der Waals surface area contributed by atoms with Crippen LogP contribution in [0.1, 0.15) is 23.2 Å². The predicted octanol–water partition coefficient (Wildman–Crippen LogP) is 4.31. The highest BCUT2D eigenvalue weighted by Crippen LogP contribution is 2.27. The largest absolute Gasteiger partial charge is 0.496 e. The Kier molecular flexibility index (Phi) is 4.86. The summed E-state index contributed by atoms with van der Waals surface area (Å²) in [5.74, 6) is 0.574. The van der Waals surface area contributed by atoms with Crippen LogP contribution in [0.4, 0.5) is 11.4 Å². The van der Waals surface area contributed by atoms with Crippen LogP contribution in [-0.4, -0.2) is 26.1 Å². The van der Waals surface area contributed by atoms with E-state index >= 15 is 0 Å². The van der Waals surface area contributed by atoms with Crippen LogP contribution in [0.15, 0.2) is 46.9 Å². The van der Waals surface area contributed by atoms with E-state index in [4.69, 9.17) is 4.74 Å². The van der Waals surface area contributed by atoms with Gasteiger partial charge in [0.2, 0.25) is 0 Å². The number of methoxy groups -OCH3 is 1. The monoisotopic (exact) mass is 374 g/mol. The van der Waals surface area contributed by atoms with Crippen molar-refractivity contribution in [2.75, 3.05) is 30.4 Å². The van der Waals surface area contributed by atoms with E-state index in [9.17, 15) is 4.79 Å². The molecule has 1 heterocycles. The third-order valence-corrected chi connectivity index (χ3v) is 4.61. The Balaban J connectivity index is 1.74. The molecule has 1 amide bonds. The molecule has 1 aliphatic heterocycles. The highest BCUT2D eigenvalue weighted by atomic mass is 79.9. The summed E-state index contributed by atoms with van der Waals surface area (Å²) in [7, 11) is 1.60. The molecule has 0 radical (unpaired) electrons. The van der Waals surface area contributed by atoms with Gasteiger partial charge in [-0.05, 0) is 65.2 Å². The number of benzene rings is 2. The van der Waals surface area contributed by atoms with Gasteiger partial charge in [0.1, 0.15) is 5.75 Å². The summed E-state index contributed by atoms with van der Waals surface area (Å²) >= 11 is 3.41. The number of ether oxygens (including phenoxy) is 1. The molecular weight excluding hydrogens is 356 g/mol. The van der Waals surface area contributed by atoms with E-state index in [1.165, 1.54) is 12.8 Å². The van der Waals surface area contributed by atoms with Crippen molar-refractivity contribution in [3.63, 3.8) is 0 Å². The molecule has 0 unspecified atom stereocenters. The molecule has 0 aliphatic carbocycles. The molecule has 23 heavy (non-hydrogen) atoms. The van der Waals surface area contributed by atoms with Crippen molar-refractivity contribution >= 4 is 33.2 Å². The summed E-state index contributed by atoms with van der Waals surface area (Å²) in [5, 5.41) is 2.96. The summed E-state index contributed by atoms with van der Waals surface area (Å²) in [4.78, 5) is 14.8. The van der Waals surface area contributed by atoms with Crippen molar-refractivity contribution in [2.24, 2.45) is 0 Å². The highest BCUT2D eigenvalue weighted by molar-refractivity contribution is 9.10. The van der Waals surface area contributed by atoms with E-state index in [1.54, 1.807) is 25.3 Å². The minimum atomic E-state index is -0.132. The normalized spacial score (nSPS) is 13.9. The zero-order valence-electron chi connectivity index (χ0n) is 13.0. The SMILES string of the molecule is COc1ccc(C(=O)Nc2cccc(N3CCCC3)c2)cc1Br. The molecular formula is C18H19BrN2O2. The molecule has 1 saturated heterocycles. The third-order valence-electron chi connectivity index (χ3n) is 3.99. The van der Waals surface area contributed by atoms with E-state index in [1.807, 2.05) is 18.2 Å². The first-order valence-corrected chi connectivity index (χ1v) is 8.46. The molecule has 5 heteroatoms. The van der Waals surface area contributed by atoms with Crippen molar-refractivity contribution in [1.29, 1.82) is 0 Å². The molecule has 1 N–H and O–H groups in total. The fraction of sp³-hybridized carbons (Fsp3) is 0.278. The first kappa shape index (κ1) is 15.9. The Morgan fingerprint density at radius 3 is 2.65 bits per heavy atom. The number of halogens is 1. The maximum atomic E-state index is 12.4. The van der Waals surface area contributed by atoms with Crippen LogP contribution < -0.4 is 15.0 Å². The van der Waals surface area contributed by atoms with Gasteiger partial charge in [-0.1, -0.05) is 6.07 Å². The number of carbonyl (C=O) groups excluding carboxylic acids is 1. The second-order valence-corrected chi connectivity index (χ2v) is 6.40. The average Bonchev–Trinajstić information content (AvgIpc) is 3.09. The van der Waals surface area contributed by atoms with E-state index < -0.39 is 0 Å². The molecule has 2 aromatic rings. The average molecular weight is 375 g/mol. The summed E-state index contributed by atoms with van der Waals surface area (Å²) in [6.45, 7) is 2.17. The lowest BCUT2D eigenvalue weighted by Crippen LogP contribution is -2.18. The second kappa shape index (κ2) is 7.04. The molecule has 0 saturated carbocycles. The lowest BCUT2D eigenvalue weighted by molar-refractivity contribution is 0.102. The molecule has 3 rings (SSSR count). The van der Waals surface area contributed by atoms with E-state index in [0.29, 0.717) is 11.3 Å². The van der Waals surface area contributed by atoms with Gasteiger partial charge in [0.05, 0.1) is 11.6 Å². The number of nitrogens with one attached hydrogen (secondary N) is 1. The van der Waals surface area contributed by atoms with Crippen LogP contribution in [-0.2, 0) is 0 Å². The Morgan fingerprint density at radius 1 is 1.17 bits per heavy atom. The topological polar surface area (TPSA) is 41.6 Å². The van der Waals surface area contributed by atoms with Crippen molar-refractivity contribution in [3.8, 4) is 5.75 Å². The molecule has 1 aliphatic rings. The van der Waals surface area contributed by atoms with Gasteiger partial charge in [-0.15, -0.1) is 0 Å². The van der Waals surface area contributed by atoms with Gasteiger partial charge in [-0.3, -0.25) is 4.79 Å². The van der Waals surface area contributed by atoms with Gasteiger partial charge in [-0.25, -0.2) is 0 Å². The summed E-state index contributed by atoms with van der Waals surface area (Å²) in [6, 6.07) is 13.3. The molecule has 0 spiro atoms.